The lowest BCUT2D eigenvalue weighted by Crippen LogP contribution is -2.61. The fraction of sp³-hybridized carbons (Fsp3) is 0.417. The number of aryl methyl sites for hydroxylation is 1. The van der Waals surface area contributed by atoms with E-state index in [0.717, 1.165) is 58.7 Å². The van der Waals surface area contributed by atoms with E-state index in [9.17, 15) is 30.3 Å². The first-order valence-corrected chi connectivity index (χ1v) is 16.1. The van der Waals surface area contributed by atoms with Crippen molar-refractivity contribution < 1.29 is 44.5 Å². The Morgan fingerprint density at radius 2 is 1.55 bits per heavy atom. The van der Waals surface area contributed by atoms with E-state index in [1.54, 1.807) is 24.3 Å². The first kappa shape index (κ1) is 32.8. The molecule has 5 atom stereocenters. The Balaban J connectivity index is 1.24. The molecule has 11 nitrogen and oxygen atoms in total. The zero-order valence-electron chi connectivity index (χ0n) is 26.4. The number of fused-ring (bicyclic) bond motifs is 1. The van der Waals surface area contributed by atoms with E-state index >= 15 is 0 Å². The zero-order chi connectivity index (χ0) is 33.1. The number of aliphatic hydroxyl groups excluding tert-OH is 3. The van der Waals surface area contributed by atoms with Crippen molar-refractivity contribution in [2.75, 3.05) is 26.2 Å². The number of carboxylic acids is 1. The smallest absolute Gasteiger partial charge is 0.335 e. The number of aromatic hydroxyl groups is 1. The van der Waals surface area contributed by atoms with Crippen molar-refractivity contribution >= 4 is 16.9 Å². The lowest BCUT2D eigenvalue weighted by Gasteiger charge is -2.38. The van der Waals surface area contributed by atoms with Crippen molar-refractivity contribution in [1.82, 2.24) is 9.47 Å². The summed E-state index contributed by atoms with van der Waals surface area (Å²) in [5.41, 5.74) is 4.75. The van der Waals surface area contributed by atoms with Gasteiger partial charge in [0.15, 0.2) is 6.10 Å². The van der Waals surface area contributed by atoms with E-state index in [1.165, 1.54) is 25.7 Å². The molecular formula is C36H42N2O9. The average molecular weight is 647 g/mol. The second-order valence-corrected chi connectivity index (χ2v) is 12.4. The molecule has 3 aromatic carbocycles. The Hall–Kier alpha value is -4.13. The molecule has 250 valence electrons. The highest BCUT2D eigenvalue weighted by Gasteiger charge is 2.48. The summed E-state index contributed by atoms with van der Waals surface area (Å²) in [6.07, 6.45) is -3.40. The van der Waals surface area contributed by atoms with Crippen LogP contribution < -0.4 is 9.47 Å². The predicted molar refractivity (Wildman–Crippen MR) is 175 cm³/mol. The maximum atomic E-state index is 11.6. The minimum Gasteiger partial charge on any atom is -0.508 e. The molecule has 2 aliphatic rings. The highest BCUT2D eigenvalue weighted by atomic mass is 16.7. The minimum absolute atomic E-state index is 0.161. The first-order valence-electron chi connectivity index (χ1n) is 16.1. The van der Waals surface area contributed by atoms with Crippen LogP contribution in [0.3, 0.4) is 0 Å². The molecule has 0 amide bonds. The average Bonchev–Trinajstić information content (AvgIpc) is 3.19. The fourth-order valence-corrected chi connectivity index (χ4v) is 6.54. The van der Waals surface area contributed by atoms with Gasteiger partial charge in [-0.3, -0.25) is 4.90 Å². The summed E-state index contributed by atoms with van der Waals surface area (Å²) in [5, 5.41) is 50.9. The highest BCUT2D eigenvalue weighted by Crippen LogP contribution is 2.37. The predicted octanol–water partition coefficient (Wildman–Crippen LogP) is 3.90. The molecule has 1 aromatic heterocycles. The normalized spacial score (nSPS) is 23.8. The quantitative estimate of drug-likeness (QED) is 0.171. The van der Waals surface area contributed by atoms with Crippen molar-refractivity contribution in [1.29, 1.82) is 0 Å². The van der Waals surface area contributed by atoms with Gasteiger partial charge in [0.05, 0.1) is 5.69 Å². The van der Waals surface area contributed by atoms with Crippen LogP contribution in [-0.4, -0.2) is 97.9 Å². The van der Waals surface area contributed by atoms with E-state index in [2.05, 4.69) is 21.6 Å². The van der Waals surface area contributed by atoms with Gasteiger partial charge in [-0.25, -0.2) is 4.79 Å². The third-order valence-electron chi connectivity index (χ3n) is 9.13. The van der Waals surface area contributed by atoms with Crippen LogP contribution in [0.2, 0.25) is 0 Å². The SMILES string of the molecule is Cc1c(-c2ccc(O)cc2)n(Cc2ccc(OCCN3CCCCCC3)cc2)c2ccc(OC3OC(C(=O)O)C(O)C(O)C3O)cc12. The summed E-state index contributed by atoms with van der Waals surface area (Å²) in [7, 11) is 0. The molecule has 47 heavy (non-hydrogen) atoms. The second kappa shape index (κ2) is 14.3. The van der Waals surface area contributed by atoms with Gasteiger partial charge in [-0.15, -0.1) is 0 Å². The fourth-order valence-electron chi connectivity index (χ4n) is 6.54. The summed E-state index contributed by atoms with van der Waals surface area (Å²) >= 11 is 0. The van der Waals surface area contributed by atoms with Crippen LogP contribution >= 0.6 is 0 Å². The van der Waals surface area contributed by atoms with Gasteiger partial charge in [0.2, 0.25) is 6.29 Å². The summed E-state index contributed by atoms with van der Waals surface area (Å²) < 4.78 is 19.4. The van der Waals surface area contributed by atoms with Crippen LogP contribution in [-0.2, 0) is 16.1 Å². The number of aliphatic carboxylic acids is 1. The van der Waals surface area contributed by atoms with Crippen LogP contribution in [0.1, 0.15) is 36.8 Å². The van der Waals surface area contributed by atoms with Gasteiger partial charge >= 0.3 is 5.97 Å². The van der Waals surface area contributed by atoms with Crippen molar-refractivity contribution in [3.05, 3.63) is 77.9 Å². The molecule has 11 heteroatoms. The summed E-state index contributed by atoms with van der Waals surface area (Å²) in [6.45, 7) is 6.38. The number of nitrogens with zero attached hydrogens (tertiary/aromatic N) is 2. The lowest BCUT2D eigenvalue weighted by molar-refractivity contribution is -0.271. The molecule has 3 heterocycles. The third-order valence-corrected chi connectivity index (χ3v) is 9.13. The van der Waals surface area contributed by atoms with Crippen LogP contribution in [0.4, 0.5) is 0 Å². The molecule has 5 N–H and O–H groups in total. The van der Waals surface area contributed by atoms with E-state index in [-0.39, 0.29) is 11.5 Å². The number of carbonyl (C=O) groups is 1. The number of hydrogen-bond acceptors (Lipinski definition) is 9. The van der Waals surface area contributed by atoms with Crippen molar-refractivity contribution in [2.45, 2.75) is 69.9 Å². The van der Waals surface area contributed by atoms with Gasteiger partial charge < -0.3 is 44.3 Å². The number of aromatic nitrogens is 1. The van der Waals surface area contributed by atoms with E-state index in [1.807, 2.05) is 37.3 Å². The van der Waals surface area contributed by atoms with Gasteiger partial charge in [-0.05, 0) is 104 Å². The Bertz CT molecular complexity index is 1660. The molecule has 4 aromatic rings. The number of phenolic OH excluding ortho intramolecular Hbond substituents is 1. The number of hydrogen-bond donors (Lipinski definition) is 5. The van der Waals surface area contributed by atoms with Gasteiger partial charge in [0.25, 0.3) is 0 Å². The van der Waals surface area contributed by atoms with Crippen LogP contribution in [0.15, 0.2) is 66.7 Å². The summed E-state index contributed by atoms with van der Waals surface area (Å²) in [6, 6.07) is 20.4. The third kappa shape index (κ3) is 7.24. The monoisotopic (exact) mass is 646 g/mol. The maximum absolute atomic E-state index is 11.6. The Labute approximate surface area is 273 Å². The number of carboxylic acid groups (broad SMARTS) is 1. The Morgan fingerprint density at radius 3 is 2.23 bits per heavy atom. The maximum Gasteiger partial charge on any atom is 0.335 e. The molecule has 2 aliphatic heterocycles. The number of benzene rings is 3. The molecule has 5 unspecified atom stereocenters. The topological polar surface area (TPSA) is 154 Å². The number of rotatable bonds is 10. The van der Waals surface area contributed by atoms with Crippen LogP contribution in [0.5, 0.6) is 17.2 Å². The molecule has 0 bridgehead atoms. The largest absolute Gasteiger partial charge is 0.508 e. The van der Waals surface area contributed by atoms with Crippen LogP contribution in [0.25, 0.3) is 22.2 Å². The van der Waals surface area contributed by atoms with Gasteiger partial charge in [-0.2, -0.15) is 0 Å². The number of phenols is 1. The van der Waals surface area contributed by atoms with E-state index < -0.39 is 36.7 Å². The minimum atomic E-state index is -1.81. The molecule has 0 spiro atoms. The molecule has 0 aliphatic carbocycles. The Morgan fingerprint density at radius 1 is 0.872 bits per heavy atom. The van der Waals surface area contributed by atoms with Crippen molar-refractivity contribution in [2.24, 2.45) is 0 Å². The molecule has 0 saturated carbocycles. The summed E-state index contributed by atoms with van der Waals surface area (Å²) in [5.74, 6) is -0.207. The molecule has 0 radical (unpaired) electrons. The van der Waals surface area contributed by atoms with Crippen molar-refractivity contribution in [3.8, 4) is 28.5 Å². The van der Waals surface area contributed by atoms with Crippen molar-refractivity contribution in [3.63, 3.8) is 0 Å². The standard InChI is InChI=1S/C36H42N2O9/c1-22-28-20-27(46-36-33(42)31(40)32(41)34(47-36)35(43)44)14-15-29(28)38(30(22)24-8-10-25(39)11-9-24)21-23-6-12-26(13-7-23)45-19-18-37-16-4-2-3-5-17-37/h6-15,20,31-34,36,39-42H,2-5,16-19,21H2,1H3,(H,43,44). The summed E-state index contributed by atoms with van der Waals surface area (Å²) in [4.78, 5) is 14.0. The van der Waals surface area contributed by atoms with Gasteiger partial charge in [-0.1, -0.05) is 25.0 Å². The molecule has 2 saturated heterocycles. The van der Waals surface area contributed by atoms with E-state index in [4.69, 9.17) is 14.2 Å². The number of aliphatic hydroxyl groups is 3. The van der Waals surface area contributed by atoms with Crippen LogP contribution in [0, 0.1) is 6.92 Å². The molecule has 2 fully saturated rings. The second-order valence-electron chi connectivity index (χ2n) is 12.4. The number of ether oxygens (including phenoxy) is 3. The van der Waals surface area contributed by atoms with Gasteiger partial charge in [0.1, 0.15) is 42.2 Å². The van der Waals surface area contributed by atoms with E-state index in [0.29, 0.717) is 13.2 Å². The first-order chi connectivity index (χ1) is 22.7. The molecular weight excluding hydrogens is 604 g/mol. The Kier molecular flexibility index (Phi) is 10.00. The van der Waals surface area contributed by atoms with Gasteiger partial charge in [0, 0.05) is 24.0 Å². The lowest BCUT2D eigenvalue weighted by atomic mass is 9.99. The molecule has 6 rings (SSSR count). The zero-order valence-corrected chi connectivity index (χ0v) is 26.4. The highest BCUT2D eigenvalue weighted by molar-refractivity contribution is 5.92. The number of likely N-dealkylation sites (tertiary alicyclic amines) is 1.